The van der Waals surface area contributed by atoms with E-state index in [-0.39, 0.29) is 24.9 Å². The summed E-state index contributed by atoms with van der Waals surface area (Å²) in [6, 6.07) is 0.513. The lowest BCUT2D eigenvalue weighted by atomic mass is 9.93. The molecule has 0 radical (unpaired) electrons. The predicted octanol–water partition coefficient (Wildman–Crippen LogP) is 0.513. The molecule has 2 heterocycles. The highest BCUT2D eigenvalue weighted by molar-refractivity contribution is 7.12. The first-order valence-electron chi connectivity index (χ1n) is 10.7. The smallest absolute Gasteiger partial charge is 0.262 e. The van der Waals surface area contributed by atoms with Crippen LogP contribution in [0.5, 0.6) is 0 Å². The second-order valence-corrected chi connectivity index (χ2v) is 9.50. The SMILES string of the molecule is COC[C@H](NC(=O)c1cccs1)C(=O)N[C@@H](COC)C(=O)N[C@@H](CC(C)C)C(=O)[C@]1(C)CO1. The van der Waals surface area contributed by atoms with Crippen LogP contribution in [0.4, 0.5) is 0 Å². The minimum absolute atomic E-state index is 0.0889. The van der Waals surface area contributed by atoms with Crippen LogP contribution in [0.1, 0.15) is 36.9 Å². The number of carbonyl (C=O) groups excluding carboxylic acids is 4. The largest absolute Gasteiger partial charge is 0.382 e. The summed E-state index contributed by atoms with van der Waals surface area (Å²) in [5.41, 5.74) is -0.886. The van der Waals surface area contributed by atoms with E-state index in [1.165, 1.54) is 25.6 Å². The van der Waals surface area contributed by atoms with Crippen LogP contribution in [0.2, 0.25) is 0 Å². The Kier molecular flexibility index (Phi) is 9.96. The normalized spacial score (nSPS) is 19.9. The van der Waals surface area contributed by atoms with Crippen LogP contribution in [-0.2, 0) is 28.6 Å². The van der Waals surface area contributed by atoms with Gasteiger partial charge in [0.2, 0.25) is 11.8 Å². The highest BCUT2D eigenvalue weighted by atomic mass is 32.1. The first kappa shape index (κ1) is 26.9. The number of epoxide rings is 1. The summed E-state index contributed by atoms with van der Waals surface area (Å²) in [6.07, 6.45) is 0.431. The first-order valence-corrected chi connectivity index (χ1v) is 11.6. The molecule has 0 bridgehead atoms. The molecule has 2 rings (SSSR count). The van der Waals surface area contributed by atoms with Crippen LogP contribution >= 0.6 is 11.3 Å². The van der Waals surface area contributed by atoms with Gasteiger partial charge in [0.15, 0.2) is 5.78 Å². The zero-order chi connectivity index (χ0) is 24.6. The molecule has 0 aliphatic carbocycles. The molecule has 10 nitrogen and oxygen atoms in total. The predicted molar refractivity (Wildman–Crippen MR) is 122 cm³/mol. The standard InChI is InChI=1S/C22H33N3O7S/c1-13(2)9-14(18(26)22(3)12-32-22)23-19(27)15(10-30-4)24-20(28)16(11-31-5)25-21(29)17-7-6-8-33-17/h6-8,13-16H,9-12H2,1-5H3,(H,23,27)(H,24,28)(H,25,29)/t14-,15-,16-,22-/m0/s1. The molecule has 0 unspecified atom stereocenters. The lowest BCUT2D eigenvalue weighted by molar-refractivity contribution is -0.134. The Morgan fingerprint density at radius 3 is 2.03 bits per heavy atom. The number of Topliss-reactive ketones (excluding diaryl/α,β-unsaturated/α-hetero) is 1. The summed E-state index contributed by atoms with van der Waals surface area (Å²) < 4.78 is 15.4. The molecule has 3 amide bonds. The average Bonchev–Trinajstić information content (AvgIpc) is 3.27. The maximum atomic E-state index is 13.0. The summed E-state index contributed by atoms with van der Waals surface area (Å²) in [5.74, 6) is -1.64. The van der Waals surface area contributed by atoms with Gasteiger partial charge in [0, 0.05) is 14.2 Å². The third-order valence-corrected chi connectivity index (χ3v) is 5.97. The van der Waals surface area contributed by atoms with Crippen LogP contribution in [0.15, 0.2) is 17.5 Å². The van der Waals surface area contributed by atoms with Crippen molar-refractivity contribution >= 4 is 34.8 Å². The van der Waals surface area contributed by atoms with Gasteiger partial charge in [-0.2, -0.15) is 0 Å². The van der Waals surface area contributed by atoms with Gasteiger partial charge in [-0.25, -0.2) is 0 Å². The van der Waals surface area contributed by atoms with E-state index in [1.807, 2.05) is 13.8 Å². The van der Waals surface area contributed by atoms with E-state index in [1.54, 1.807) is 24.4 Å². The monoisotopic (exact) mass is 483 g/mol. The van der Waals surface area contributed by atoms with Gasteiger partial charge in [0.1, 0.15) is 17.7 Å². The minimum Gasteiger partial charge on any atom is -0.382 e. The zero-order valence-corrected chi connectivity index (χ0v) is 20.5. The quantitative estimate of drug-likeness (QED) is 0.328. The molecule has 33 heavy (non-hydrogen) atoms. The third-order valence-electron chi connectivity index (χ3n) is 5.11. The molecule has 184 valence electrons. The molecule has 1 fully saturated rings. The van der Waals surface area contributed by atoms with Crippen LogP contribution in [0.3, 0.4) is 0 Å². The fourth-order valence-electron chi connectivity index (χ4n) is 3.20. The molecule has 0 saturated carbocycles. The fourth-order valence-corrected chi connectivity index (χ4v) is 3.83. The average molecular weight is 484 g/mol. The highest BCUT2D eigenvalue weighted by Gasteiger charge is 2.50. The second kappa shape index (κ2) is 12.2. The van der Waals surface area contributed by atoms with E-state index in [0.717, 1.165) is 0 Å². The zero-order valence-electron chi connectivity index (χ0n) is 19.6. The molecule has 11 heteroatoms. The molecule has 3 N–H and O–H groups in total. The van der Waals surface area contributed by atoms with E-state index >= 15 is 0 Å². The fraction of sp³-hybridized carbons (Fsp3) is 0.636. The number of amides is 3. The molecule has 1 saturated heterocycles. The van der Waals surface area contributed by atoms with Crippen molar-refractivity contribution in [2.24, 2.45) is 5.92 Å². The number of methoxy groups -OCH3 is 2. The third kappa shape index (κ3) is 7.88. The summed E-state index contributed by atoms with van der Waals surface area (Å²) in [5, 5.41) is 9.70. The molecule has 1 aliphatic rings. The van der Waals surface area contributed by atoms with E-state index < -0.39 is 41.4 Å². The van der Waals surface area contributed by atoms with Gasteiger partial charge >= 0.3 is 0 Å². The van der Waals surface area contributed by atoms with Crippen LogP contribution in [-0.4, -0.2) is 81.3 Å². The molecular formula is C22H33N3O7S. The first-order chi connectivity index (χ1) is 15.6. The molecule has 1 aromatic rings. The topological polar surface area (TPSA) is 135 Å². The lowest BCUT2D eigenvalue weighted by Gasteiger charge is -2.26. The minimum atomic E-state index is -1.07. The Morgan fingerprint density at radius 1 is 1.03 bits per heavy atom. The number of carbonyl (C=O) groups is 4. The summed E-state index contributed by atoms with van der Waals surface area (Å²) >= 11 is 1.24. The number of rotatable bonds is 14. The highest BCUT2D eigenvalue weighted by Crippen LogP contribution is 2.29. The summed E-state index contributed by atoms with van der Waals surface area (Å²) in [4.78, 5) is 51.5. The van der Waals surface area contributed by atoms with Crippen molar-refractivity contribution in [2.45, 2.75) is 50.9 Å². The van der Waals surface area contributed by atoms with Crippen molar-refractivity contribution in [1.82, 2.24) is 16.0 Å². The summed E-state index contributed by atoms with van der Waals surface area (Å²) in [6.45, 7) is 5.69. The molecule has 0 spiro atoms. The number of hydrogen-bond acceptors (Lipinski definition) is 8. The Morgan fingerprint density at radius 2 is 1.58 bits per heavy atom. The Bertz CT molecular complexity index is 824. The van der Waals surface area contributed by atoms with E-state index in [9.17, 15) is 19.2 Å². The molecule has 1 aromatic heterocycles. The number of nitrogens with one attached hydrogen (secondary N) is 3. The van der Waals surface area contributed by atoms with Crippen molar-refractivity contribution in [1.29, 1.82) is 0 Å². The van der Waals surface area contributed by atoms with Gasteiger partial charge in [-0.3, -0.25) is 19.2 Å². The van der Waals surface area contributed by atoms with Crippen LogP contribution in [0, 0.1) is 5.92 Å². The Hall–Kier alpha value is -2.34. The van der Waals surface area contributed by atoms with Crippen LogP contribution < -0.4 is 16.0 Å². The van der Waals surface area contributed by atoms with Crippen molar-refractivity contribution in [3.8, 4) is 0 Å². The molecule has 1 aliphatic heterocycles. The second-order valence-electron chi connectivity index (χ2n) is 8.55. The molecule has 4 atom stereocenters. The molecule has 0 aromatic carbocycles. The van der Waals surface area contributed by atoms with E-state index in [4.69, 9.17) is 14.2 Å². The number of thiophene rings is 1. The number of hydrogen-bond donors (Lipinski definition) is 3. The maximum absolute atomic E-state index is 13.0. The van der Waals surface area contributed by atoms with Gasteiger partial charge in [0.05, 0.1) is 30.7 Å². The lowest BCUT2D eigenvalue weighted by Crippen LogP contribution is -2.58. The summed E-state index contributed by atoms with van der Waals surface area (Å²) in [7, 11) is 2.80. The van der Waals surface area contributed by atoms with Gasteiger partial charge < -0.3 is 30.2 Å². The van der Waals surface area contributed by atoms with Gasteiger partial charge in [-0.15, -0.1) is 11.3 Å². The van der Waals surface area contributed by atoms with Crippen LogP contribution in [0.25, 0.3) is 0 Å². The molecular weight excluding hydrogens is 450 g/mol. The van der Waals surface area contributed by atoms with E-state index in [0.29, 0.717) is 17.9 Å². The van der Waals surface area contributed by atoms with Crippen molar-refractivity contribution in [3.63, 3.8) is 0 Å². The van der Waals surface area contributed by atoms with Gasteiger partial charge in [0.25, 0.3) is 5.91 Å². The van der Waals surface area contributed by atoms with Gasteiger partial charge in [-0.05, 0) is 30.7 Å². The number of ether oxygens (including phenoxy) is 3. The van der Waals surface area contributed by atoms with Crippen molar-refractivity contribution < 1.29 is 33.4 Å². The Balaban J connectivity index is 2.07. The maximum Gasteiger partial charge on any atom is 0.262 e. The Labute approximate surface area is 197 Å². The van der Waals surface area contributed by atoms with Crippen molar-refractivity contribution in [3.05, 3.63) is 22.4 Å². The van der Waals surface area contributed by atoms with Gasteiger partial charge in [-0.1, -0.05) is 19.9 Å². The number of ketones is 1. The van der Waals surface area contributed by atoms with E-state index in [2.05, 4.69) is 16.0 Å². The van der Waals surface area contributed by atoms with Crippen molar-refractivity contribution in [2.75, 3.05) is 34.0 Å².